The predicted molar refractivity (Wildman–Crippen MR) is 91.9 cm³/mol. The summed E-state index contributed by atoms with van der Waals surface area (Å²) in [5.41, 5.74) is 0.0612. The largest absolute Gasteiger partial charge is 0.573 e. The molecule has 11 heteroatoms. The highest BCUT2D eigenvalue weighted by Crippen LogP contribution is 2.37. The number of aromatic nitrogens is 1. The zero-order valence-electron chi connectivity index (χ0n) is 14.6. The third kappa shape index (κ3) is 4.56. The maximum absolute atomic E-state index is 14.3. The predicted octanol–water partition coefficient (Wildman–Crippen LogP) is 4.92. The quantitative estimate of drug-likeness (QED) is 0.535. The number of halogens is 5. The van der Waals surface area contributed by atoms with E-state index >= 15 is 0 Å². The average molecular weight is 433 g/mol. The van der Waals surface area contributed by atoms with E-state index in [1.807, 2.05) is 0 Å². The van der Waals surface area contributed by atoms with Crippen molar-refractivity contribution in [2.75, 3.05) is 6.26 Å². The van der Waals surface area contributed by atoms with E-state index in [0.717, 1.165) is 30.5 Å². The Labute approximate surface area is 161 Å². The number of rotatable bonds is 5. The summed E-state index contributed by atoms with van der Waals surface area (Å²) >= 11 is 0. The molecule has 154 valence electrons. The van der Waals surface area contributed by atoms with E-state index in [9.17, 15) is 30.4 Å². The van der Waals surface area contributed by atoms with E-state index in [0.29, 0.717) is 0 Å². The zero-order chi connectivity index (χ0) is 21.4. The summed E-state index contributed by atoms with van der Waals surface area (Å²) in [6.45, 7) is -1.13. The number of sulfone groups is 1. The molecule has 29 heavy (non-hydrogen) atoms. The van der Waals surface area contributed by atoms with Crippen LogP contribution in [0.4, 0.5) is 22.0 Å². The highest BCUT2D eigenvalue weighted by Gasteiger charge is 2.31. The Morgan fingerprint density at radius 2 is 1.83 bits per heavy atom. The van der Waals surface area contributed by atoms with Crippen molar-refractivity contribution in [2.24, 2.45) is 0 Å². The lowest BCUT2D eigenvalue weighted by molar-refractivity contribution is -0.274. The number of benzene rings is 2. The number of hydrogen-bond donors (Lipinski definition) is 0. The van der Waals surface area contributed by atoms with Crippen molar-refractivity contribution in [3.63, 3.8) is 0 Å². The second kappa shape index (κ2) is 7.47. The Morgan fingerprint density at radius 1 is 1.10 bits per heavy atom. The summed E-state index contributed by atoms with van der Waals surface area (Å²) in [7, 11) is -3.83. The van der Waals surface area contributed by atoms with Crippen LogP contribution in [0.5, 0.6) is 5.75 Å². The molecule has 3 rings (SSSR count). The molecule has 0 aliphatic heterocycles. The average Bonchev–Trinajstić information content (AvgIpc) is 3.03. The van der Waals surface area contributed by atoms with Gasteiger partial charge in [0, 0.05) is 11.8 Å². The van der Waals surface area contributed by atoms with Crippen LogP contribution in [0.25, 0.3) is 22.4 Å². The van der Waals surface area contributed by atoms with Gasteiger partial charge in [-0.1, -0.05) is 23.4 Å². The second-order valence-electron chi connectivity index (χ2n) is 5.96. The van der Waals surface area contributed by atoms with Crippen molar-refractivity contribution in [1.29, 1.82) is 0 Å². The summed E-state index contributed by atoms with van der Waals surface area (Å²) in [5, 5.41) is 3.68. The molecule has 0 saturated carbocycles. The van der Waals surface area contributed by atoms with Gasteiger partial charge in [0.1, 0.15) is 22.2 Å². The van der Waals surface area contributed by atoms with Gasteiger partial charge < -0.3 is 9.26 Å². The van der Waals surface area contributed by atoms with E-state index in [-0.39, 0.29) is 28.1 Å². The van der Waals surface area contributed by atoms with Gasteiger partial charge in [0.25, 0.3) is 0 Å². The third-order valence-corrected chi connectivity index (χ3v) is 4.98. The summed E-state index contributed by atoms with van der Waals surface area (Å²) in [6.07, 6.45) is -4.09. The van der Waals surface area contributed by atoms with E-state index < -0.39 is 39.3 Å². The van der Waals surface area contributed by atoms with Crippen LogP contribution in [0.3, 0.4) is 0 Å². The highest BCUT2D eigenvalue weighted by atomic mass is 32.2. The molecule has 0 unspecified atom stereocenters. The van der Waals surface area contributed by atoms with Crippen LogP contribution in [-0.4, -0.2) is 26.2 Å². The Morgan fingerprint density at radius 3 is 2.41 bits per heavy atom. The lowest BCUT2D eigenvalue weighted by atomic mass is 9.99. The second-order valence-corrected chi connectivity index (χ2v) is 7.94. The number of alkyl halides is 4. The van der Waals surface area contributed by atoms with Crippen molar-refractivity contribution < 1.29 is 39.6 Å². The van der Waals surface area contributed by atoms with Crippen molar-refractivity contribution in [3.8, 4) is 28.1 Å². The number of ether oxygens (including phenoxy) is 1. The molecule has 0 radical (unpaired) electrons. The third-order valence-electron chi connectivity index (χ3n) is 3.85. The summed E-state index contributed by atoms with van der Waals surface area (Å²) in [5.74, 6) is -1.91. The summed E-state index contributed by atoms with van der Waals surface area (Å²) in [4.78, 5) is -0.554. The summed E-state index contributed by atoms with van der Waals surface area (Å²) < 4.78 is 97.0. The molecule has 0 spiro atoms. The van der Waals surface area contributed by atoms with Crippen LogP contribution in [0.2, 0.25) is 0 Å². The van der Waals surface area contributed by atoms with Crippen molar-refractivity contribution in [2.45, 2.75) is 17.9 Å². The van der Waals surface area contributed by atoms with Gasteiger partial charge in [-0.3, -0.25) is 0 Å². The fourth-order valence-corrected chi connectivity index (χ4v) is 3.44. The molecule has 0 bridgehead atoms. The van der Waals surface area contributed by atoms with Gasteiger partial charge in [-0.25, -0.2) is 17.2 Å². The Hall–Kier alpha value is -2.95. The molecule has 0 fully saturated rings. The van der Waals surface area contributed by atoms with E-state index in [2.05, 4.69) is 9.89 Å². The lowest BCUT2D eigenvalue weighted by Crippen LogP contribution is -2.17. The standard InChI is InChI=1S/C18H12F5NO4S/c1-29(25,26)15-6-5-10(8-13(15)20)16-14(9-19)28-24-17(16)11-3-2-4-12(7-11)27-18(21,22)23/h2-8H,9H2,1H3. The first-order chi connectivity index (χ1) is 13.5. The molecule has 1 heterocycles. The van der Waals surface area contributed by atoms with Gasteiger partial charge in [0.05, 0.1) is 5.56 Å². The number of nitrogens with zero attached hydrogens (tertiary/aromatic N) is 1. The molecule has 0 aliphatic carbocycles. The monoisotopic (exact) mass is 433 g/mol. The fraction of sp³-hybridized carbons (Fsp3) is 0.167. The minimum Gasteiger partial charge on any atom is -0.406 e. The first-order valence-corrected chi connectivity index (χ1v) is 9.79. The molecular weight excluding hydrogens is 421 g/mol. The Kier molecular flexibility index (Phi) is 5.35. The van der Waals surface area contributed by atoms with Gasteiger partial charge >= 0.3 is 6.36 Å². The van der Waals surface area contributed by atoms with E-state index in [1.165, 1.54) is 18.2 Å². The maximum Gasteiger partial charge on any atom is 0.573 e. The molecule has 0 atom stereocenters. The molecule has 0 saturated heterocycles. The first-order valence-electron chi connectivity index (χ1n) is 7.90. The highest BCUT2D eigenvalue weighted by molar-refractivity contribution is 7.90. The van der Waals surface area contributed by atoms with E-state index in [4.69, 9.17) is 4.52 Å². The van der Waals surface area contributed by atoms with Crippen molar-refractivity contribution in [3.05, 3.63) is 54.0 Å². The number of hydrogen-bond acceptors (Lipinski definition) is 5. The summed E-state index contributed by atoms with van der Waals surface area (Å²) in [6, 6.07) is 7.81. The van der Waals surface area contributed by atoms with Gasteiger partial charge in [0.15, 0.2) is 22.3 Å². The Balaban J connectivity index is 2.13. The van der Waals surface area contributed by atoms with Crippen LogP contribution in [0.15, 0.2) is 51.9 Å². The van der Waals surface area contributed by atoms with Crippen LogP contribution in [0.1, 0.15) is 5.76 Å². The minimum atomic E-state index is -4.92. The topological polar surface area (TPSA) is 69.4 Å². The molecule has 0 amide bonds. The van der Waals surface area contributed by atoms with Crippen LogP contribution in [0, 0.1) is 5.82 Å². The lowest BCUT2D eigenvalue weighted by Gasteiger charge is -2.10. The normalized spacial score (nSPS) is 12.2. The molecule has 1 aromatic heterocycles. The van der Waals surface area contributed by atoms with Crippen LogP contribution >= 0.6 is 0 Å². The van der Waals surface area contributed by atoms with Crippen LogP contribution < -0.4 is 4.74 Å². The van der Waals surface area contributed by atoms with Gasteiger partial charge in [-0.2, -0.15) is 0 Å². The van der Waals surface area contributed by atoms with Gasteiger partial charge in [-0.05, 0) is 29.8 Å². The fourth-order valence-electron chi connectivity index (χ4n) is 2.71. The van der Waals surface area contributed by atoms with Crippen LogP contribution in [-0.2, 0) is 16.5 Å². The minimum absolute atomic E-state index is 0.0180. The van der Waals surface area contributed by atoms with Gasteiger partial charge in [0.2, 0.25) is 0 Å². The van der Waals surface area contributed by atoms with Gasteiger partial charge in [-0.15, -0.1) is 13.2 Å². The smallest absolute Gasteiger partial charge is 0.406 e. The SMILES string of the molecule is CS(=O)(=O)c1ccc(-c2c(-c3cccc(OC(F)(F)F)c3)noc2CF)cc1F. The molecule has 3 aromatic rings. The molecule has 5 nitrogen and oxygen atoms in total. The maximum atomic E-state index is 14.3. The molecule has 0 N–H and O–H groups in total. The zero-order valence-corrected chi connectivity index (χ0v) is 15.4. The van der Waals surface area contributed by atoms with E-state index in [1.54, 1.807) is 0 Å². The van der Waals surface area contributed by atoms with Crippen molar-refractivity contribution >= 4 is 9.84 Å². The first kappa shape index (κ1) is 20.8. The molecule has 0 aliphatic rings. The van der Waals surface area contributed by atoms with Crippen molar-refractivity contribution in [1.82, 2.24) is 5.16 Å². The Bertz CT molecular complexity index is 1160. The molecular formula is C18H12F5NO4S. The molecule has 2 aromatic carbocycles.